The second-order valence-corrected chi connectivity index (χ2v) is 5.33. The summed E-state index contributed by atoms with van der Waals surface area (Å²) in [7, 11) is 0. The Bertz CT molecular complexity index is 513. The number of aromatic nitrogens is 1. The average molecular weight is 289 g/mol. The Morgan fingerprint density at radius 1 is 1.29 bits per heavy atom. The monoisotopic (exact) mass is 289 g/mol. The van der Waals surface area contributed by atoms with Gasteiger partial charge in [0.1, 0.15) is 6.04 Å². The second kappa shape index (κ2) is 6.09. The van der Waals surface area contributed by atoms with Crippen LogP contribution in [0.25, 0.3) is 0 Å². The van der Waals surface area contributed by atoms with Crippen LogP contribution >= 0.6 is 0 Å². The van der Waals surface area contributed by atoms with Gasteiger partial charge in [-0.3, -0.25) is 14.7 Å². The van der Waals surface area contributed by atoms with Crippen LogP contribution in [0.5, 0.6) is 0 Å². The third-order valence-corrected chi connectivity index (χ3v) is 3.87. The van der Waals surface area contributed by atoms with Crippen LogP contribution in [0, 0.1) is 0 Å². The molecule has 7 heteroatoms. The molecule has 1 aromatic rings. The molecule has 2 N–H and O–H groups in total. The maximum absolute atomic E-state index is 12.3. The van der Waals surface area contributed by atoms with Gasteiger partial charge in [-0.2, -0.15) is 0 Å². The molecule has 0 bridgehead atoms. The fourth-order valence-electron chi connectivity index (χ4n) is 2.67. The molecule has 1 aromatic heterocycles. The summed E-state index contributed by atoms with van der Waals surface area (Å²) in [5.41, 5.74) is 1.05. The molecule has 1 atom stereocenters. The van der Waals surface area contributed by atoms with Crippen LogP contribution < -0.4 is 10.6 Å². The highest BCUT2D eigenvalue weighted by atomic mass is 16.2. The maximum atomic E-state index is 12.3. The van der Waals surface area contributed by atoms with Crippen LogP contribution in [0.1, 0.15) is 5.69 Å². The van der Waals surface area contributed by atoms with E-state index in [1.807, 2.05) is 23.1 Å². The molecule has 0 saturated carbocycles. The zero-order valence-corrected chi connectivity index (χ0v) is 11.8. The van der Waals surface area contributed by atoms with Crippen LogP contribution in [0.3, 0.4) is 0 Å². The molecule has 21 heavy (non-hydrogen) atoms. The first-order chi connectivity index (χ1) is 10.2. The number of amides is 3. The quantitative estimate of drug-likeness (QED) is 0.779. The van der Waals surface area contributed by atoms with Crippen molar-refractivity contribution in [2.24, 2.45) is 0 Å². The van der Waals surface area contributed by atoms with Gasteiger partial charge in [-0.15, -0.1) is 0 Å². The van der Waals surface area contributed by atoms with Crippen molar-refractivity contribution in [3.63, 3.8) is 0 Å². The van der Waals surface area contributed by atoms with Crippen LogP contribution in [0.2, 0.25) is 0 Å². The minimum Gasteiger partial charge on any atom is -0.338 e. The standard InChI is InChI=1S/C14H19N5O2/c20-13(12-9-16-14(21)17-12)19-7-5-18(6-8-19)10-11-3-1-2-4-15-11/h1-4,12H,5-10H2,(H2,16,17,21)/t12-/m0/s1. The number of hydrogen-bond donors (Lipinski definition) is 2. The molecular weight excluding hydrogens is 270 g/mol. The minimum absolute atomic E-state index is 0.00540. The molecule has 0 aliphatic carbocycles. The van der Waals surface area contributed by atoms with Gasteiger partial charge in [0, 0.05) is 45.5 Å². The first-order valence-corrected chi connectivity index (χ1v) is 7.18. The zero-order chi connectivity index (χ0) is 14.7. The van der Waals surface area contributed by atoms with Crippen molar-refractivity contribution >= 4 is 11.9 Å². The van der Waals surface area contributed by atoms with Gasteiger partial charge < -0.3 is 15.5 Å². The molecule has 2 aliphatic rings. The second-order valence-electron chi connectivity index (χ2n) is 5.33. The number of carbonyl (C=O) groups excluding carboxylic acids is 2. The molecule has 3 rings (SSSR count). The van der Waals surface area contributed by atoms with E-state index in [-0.39, 0.29) is 11.9 Å². The van der Waals surface area contributed by atoms with E-state index in [2.05, 4.69) is 20.5 Å². The predicted octanol–water partition coefficient (Wildman–Crippen LogP) is -0.593. The summed E-state index contributed by atoms with van der Waals surface area (Å²) in [6.45, 7) is 4.24. The first kappa shape index (κ1) is 13.8. The number of piperazine rings is 1. The summed E-state index contributed by atoms with van der Waals surface area (Å²) < 4.78 is 0. The Balaban J connectivity index is 1.49. The van der Waals surface area contributed by atoms with Crippen molar-refractivity contribution < 1.29 is 9.59 Å². The summed E-state index contributed by atoms with van der Waals surface area (Å²) >= 11 is 0. The maximum Gasteiger partial charge on any atom is 0.315 e. The number of hydrogen-bond acceptors (Lipinski definition) is 4. The van der Waals surface area contributed by atoms with Gasteiger partial charge >= 0.3 is 6.03 Å². The van der Waals surface area contributed by atoms with E-state index in [0.717, 1.165) is 25.3 Å². The molecule has 3 amide bonds. The van der Waals surface area contributed by atoms with Crippen LogP contribution in [0.4, 0.5) is 4.79 Å². The molecule has 0 radical (unpaired) electrons. The van der Waals surface area contributed by atoms with E-state index in [1.165, 1.54) is 0 Å². The molecule has 2 aliphatic heterocycles. The topological polar surface area (TPSA) is 77.6 Å². The van der Waals surface area contributed by atoms with E-state index in [9.17, 15) is 9.59 Å². The van der Waals surface area contributed by atoms with E-state index in [4.69, 9.17) is 0 Å². The smallest absolute Gasteiger partial charge is 0.315 e. The number of urea groups is 1. The van der Waals surface area contributed by atoms with Crippen molar-refractivity contribution in [2.75, 3.05) is 32.7 Å². The number of rotatable bonds is 3. The Labute approximate surface area is 123 Å². The third kappa shape index (κ3) is 3.30. The van der Waals surface area contributed by atoms with Crippen molar-refractivity contribution in [1.29, 1.82) is 0 Å². The van der Waals surface area contributed by atoms with Gasteiger partial charge in [0.2, 0.25) is 5.91 Å². The highest BCUT2D eigenvalue weighted by Crippen LogP contribution is 2.08. The third-order valence-electron chi connectivity index (χ3n) is 3.87. The fraction of sp³-hybridized carbons (Fsp3) is 0.500. The summed E-state index contributed by atoms with van der Waals surface area (Å²) in [6.07, 6.45) is 1.80. The molecule has 0 unspecified atom stereocenters. The summed E-state index contributed by atoms with van der Waals surface area (Å²) in [4.78, 5) is 31.8. The van der Waals surface area contributed by atoms with Crippen LogP contribution in [-0.2, 0) is 11.3 Å². The lowest BCUT2D eigenvalue weighted by atomic mass is 10.2. The lowest BCUT2D eigenvalue weighted by Crippen LogP contribution is -2.53. The van der Waals surface area contributed by atoms with Gasteiger partial charge in [0.25, 0.3) is 0 Å². The Kier molecular flexibility index (Phi) is 4.01. The Hall–Kier alpha value is -2.15. The average Bonchev–Trinajstić information content (AvgIpc) is 2.95. The van der Waals surface area contributed by atoms with E-state index >= 15 is 0 Å². The first-order valence-electron chi connectivity index (χ1n) is 7.18. The largest absolute Gasteiger partial charge is 0.338 e. The molecule has 112 valence electrons. The van der Waals surface area contributed by atoms with Crippen LogP contribution in [-0.4, -0.2) is 65.5 Å². The van der Waals surface area contributed by atoms with Gasteiger partial charge in [-0.1, -0.05) is 6.07 Å². The number of carbonyl (C=O) groups is 2. The highest BCUT2D eigenvalue weighted by molar-refractivity contribution is 5.90. The fourth-order valence-corrected chi connectivity index (χ4v) is 2.67. The van der Waals surface area contributed by atoms with Crippen molar-refractivity contribution in [1.82, 2.24) is 25.4 Å². The molecule has 3 heterocycles. The molecule has 7 nitrogen and oxygen atoms in total. The lowest BCUT2D eigenvalue weighted by molar-refractivity contribution is -0.134. The summed E-state index contributed by atoms with van der Waals surface area (Å²) in [6, 6.07) is 5.22. The number of pyridine rings is 1. The molecule has 2 fully saturated rings. The van der Waals surface area contributed by atoms with Gasteiger partial charge in [0.15, 0.2) is 0 Å². The number of nitrogens with zero attached hydrogens (tertiary/aromatic N) is 3. The zero-order valence-electron chi connectivity index (χ0n) is 11.8. The van der Waals surface area contributed by atoms with Gasteiger partial charge in [-0.05, 0) is 12.1 Å². The minimum atomic E-state index is -0.417. The van der Waals surface area contributed by atoms with Crippen molar-refractivity contribution in [3.05, 3.63) is 30.1 Å². The van der Waals surface area contributed by atoms with Crippen molar-refractivity contribution in [3.8, 4) is 0 Å². The van der Waals surface area contributed by atoms with E-state index in [1.54, 1.807) is 6.20 Å². The SMILES string of the molecule is O=C1NC[C@@H](C(=O)N2CCN(Cc3ccccn3)CC2)N1. The summed E-state index contributed by atoms with van der Waals surface area (Å²) in [5.74, 6) is 0.00540. The van der Waals surface area contributed by atoms with E-state index < -0.39 is 6.04 Å². The van der Waals surface area contributed by atoms with Crippen molar-refractivity contribution in [2.45, 2.75) is 12.6 Å². The molecular formula is C14H19N5O2. The normalized spacial score (nSPS) is 22.8. The molecule has 0 spiro atoms. The molecule has 0 aromatic carbocycles. The van der Waals surface area contributed by atoms with Gasteiger partial charge in [-0.25, -0.2) is 4.79 Å². The van der Waals surface area contributed by atoms with E-state index in [0.29, 0.717) is 19.6 Å². The lowest BCUT2D eigenvalue weighted by Gasteiger charge is -2.35. The van der Waals surface area contributed by atoms with Gasteiger partial charge in [0.05, 0.1) is 5.69 Å². The number of nitrogens with one attached hydrogen (secondary N) is 2. The Morgan fingerprint density at radius 2 is 2.10 bits per heavy atom. The molecule has 2 saturated heterocycles. The highest BCUT2D eigenvalue weighted by Gasteiger charge is 2.32. The predicted molar refractivity (Wildman–Crippen MR) is 76.4 cm³/mol. The summed E-state index contributed by atoms with van der Waals surface area (Å²) in [5, 5.41) is 5.25. The Morgan fingerprint density at radius 3 is 2.71 bits per heavy atom. The van der Waals surface area contributed by atoms with Crippen LogP contribution in [0.15, 0.2) is 24.4 Å².